The van der Waals surface area contributed by atoms with E-state index in [1.807, 2.05) is 18.5 Å². The van der Waals surface area contributed by atoms with E-state index in [9.17, 15) is 23.1 Å². The van der Waals surface area contributed by atoms with Crippen molar-refractivity contribution in [1.29, 1.82) is 0 Å². The number of hydrogen-bond donors (Lipinski definition) is 3. The maximum atomic E-state index is 12.9. The molecule has 0 rings (SSSR count). The molecule has 0 saturated carbocycles. The molecule has 3 N–H and O–H groups in total. The Morgan fingerprint density at radius 3 is 2.50 bits per heavy atom. The summed E-state index contributed by atoms with van der Waals surface area (Å²) >= 11 is 1.52. The molecule has 0 aliphatic rings. The van der Waals surface area contributed by atoms with Crippen LogP contribution in [0.15, 0.2) is 12.3 Å². The number of hydrogen-bond acceptors (Lipinski definition) is 4. The molecule has 0 fully saturated rings. The Hall–Kier alpha value is -1.09. The third-order valence-corrected chi connectivity index (χ3v) is 3.55. The molecule has 2 amide bonds. The van der Waals surface area contributed by atoms with Crippen LogP contribution in [0, 0.1) is 0 Å². The van der Waals surface area contributed by atoms with Crippen LogP contribution in [0.25, 0.3) is 0 Å². The van der Waals surface area contributed by atoms with E-state index in [4.69, 9.17) is 0 Å². The highest BCUT2D eigenvalue weighted by atomic mass is 32.2. The lowest BCUT2D eigenvalue weighted by Gasteiger charge is -2.28. The summed E-state index contributed by atoms with van der Waals surface area (Å²) in [6, 6.07) is -0.902. The van der Waals surface area contributed by atoms with Crippen LogP contribution in [-0.4, -0.2) is 54.1 Å². The normalized spacial score (nSPS) is 16.1. The van der Waals surface area contributed by atoms with Gasteiger partial charge in [0.2, 0.25) is 0 Å². The number of amides is 2. The Bertz CT molecular complexity index is 367. The highest BCUT2D eigenvalue weighted by molar-refractivity contribution is 7.98. The smallest absolute Gasteiger partial charge is 0.422 e. The Morgan fingerprint density at radius 2 is 2.05 bits per heavy atom. The lowest BCUT2D eigenvalue weighted by molar-refractivity contribution is -0.237. The zero-order chi connectivity index (χ0) is 17.2. The summed E-state index contributed by atoms with van der Waals surface area (Å²) in [5.74, 6) is 0.650. The van der Waals surface area contributed by atoms with Crippen molar-refractivity contribution in [2.45, 2.75) is 38.1 Å². The lowest BCUT2D eigenvalue weighted by Crippen LogP contribution is -2.54. The van der Waals surface area contributed by atoms with Crippen LogP contribution in [0.1, 0.15) is 20.3 Å². The Morgan fingerprint density at radius 1 is 1.41 bits per heavy atom. The van der Waals surface area contributed by atoms with E-state index < -0.39 is 24.4 Å². The summed E-state index contributed by atoms with van der Waals surface area (Å²) in [6.07, 6.45) is -1.16. The zero-order valence-electron chi connectivity index (χ0n) is 12.9. The van der Waals surface area contributed by atoms with Gasteiger partial charge < -0.3 is 20.5 Å². The molecule has 0 heterocycles. The number of alkyl halides is 3. The average Bonchev–Trinajstić information content (AvgIpc) is 2.43. The second kappa shape index (κ2) is 9.83. The molecule has 2 atom stereocenters. The molecule has 130 valence electrons. The number of ether oxygens (including phenoxy) is 1. The minimum absolute atomic E-state index is 0.145. The quantitative estimate of drug-likeness (QED) is 0.561. The van der Waals surface area contributed by atoms with Crippen molar-refractivity contribution in [1.82, 2.24) is 10.6 Å². The number of aliphatic hydroxyl groups is 1. The lowest BCUT2D eigenvalue weighted by atomic mass is 10.0. The summed E-state index contributed by atoms with van der Waals surface area (Å²) < 4.78 is 43.4. The molecule has 9 heteroatoms. The first-order chi connectivity index (χ1) is 10.2. The van der Waals surface area contributed by atoms with E-state index in [-0.39, 0.29) is 12.6 Å². The van der Waals surface area contributed by atoms with E-state index in [1.165, 1.54) is 11.8 Å². The van der Waals surface area contributed by atoms with Gasteiger partial charge in [-0.1, -0.05) is 6.92 Å². The number of rotatable bonds is 9. The standard InChI is InChI=1S/C13H23F3N2O3S/c1-4-10(8-22-3)18-11(19)17-9-12(20,13(14,15)16)6-7-21-5-2/h6-7,10,20H,4-5,8-9H2,1-3H3,(H2,17,18,19)/b7-6+. The van der Waals surface area contributed by atoms with Crippen LogP contribution in [0.2, 0.25) is 0 Å². The zero-order valence-corrected chi connectivity index (χ0v) is 13.7. The SMILES string of the molecule is CCO/C=C/C(O)(CNC(=O)NC(CC)CSC)C(F)(F)F. The molecule has 0 bridgehead atoms. The monoisotopic (exact) mass is 344 g/mol. The fourth-order valence-corrected chi connectivity index (χ4v) is 2.15. The average molecular weight is 344 g/mol. The summed E-state index contributed by atoms with van der Waals surface area (Å²) in [6.45, 7) is 2.63. The second-order valence-corrected chi connectivity index (χ2v) is 5.48. The highest BCUT2D eigenvalue weighted by Crippen LogP contribution is 2.31. The second-order valence-electron chi connectivity index (χ2n) is 4.57. The first kappa shape index (κ1) is 20.9. The maximum Gasteiger partial charge on any atom is 0.422 e. The number of halogens is 3. The minimum atomic E-state index is -4.93. The van der Waals surface area contributed by atoms with Gasteiger partial charge in [0, 0.05) is 11.8 Å². The first-order valence-electron chi connectivity index (χ1n) is 6.81. The molecular formula is C13H23F3N2O3S. The van der Waals surface area contributed by atoms with Crippen molar-refractivity contribution in [2.75, 3.05) is 25.2 Å². The van der Waals surface area contributed by atoms with Crippen molar-refractivity contribution in [3.05, 3.63) is 12.3 Å². The topological polar surface area (TPSA) is 70.6 Å². The Balaban J connectivity index is 4.66. The van der Waals surface area contributed by atoms with E-state index in [0.29, 0.717) is 18.2 Å². The highest BCUT2D eigenvalue weighted by Gasteiger charge is 2.52. The van der Waals surface area contributed by atoms with Crippen molar-refractivity contribution >= 4 is 17.8 Å². The molecule has 0 spiro atoms. The summed E-state index contributed by atoms with van der Waals surface area (Å²) in [5, 5.41) is 14.3. The van der Waals surface area contributed by atoms with Gasteiger partial charge >= 0.3 is 12.2 Å². The predicted molar refractivity (Wildman–Crippen MR) is 80.8 cm³/mol. The molecule has 0 aromatic carbocycles. The van der Waals surface area contributed by atoms with Crippen LogP contribution in [0.4, 0.5) is 18.0 Å². The maximum absolute atomic E-state index is 12.9. The van der Waals surface area contributed by atoms with Gasteiger partial charge in [0.25, 0.3) is 0 Å². The summed E-state index contributed by atoms with van der Waals surface area (Å²) in [7, 11) is 0. The minimum Gasteiger partial charge on any atom is -0.502 e. The van der Waals surface area contributed by atoms with Crippen molar-refractivity contribution in [2.24, 2.45) is 0 Å². The van der Waals surface area contributed by atoms with Gasteiger partial charge in [0.1, 0.15) is 0 Å². The van der Waals surface area contributed by atoms with Gasteiger partial charge in [-0.25, -0.2) is 4.79 Å². The van der Waals surface area contributed by atoms with Gasteiger partial charge in [-0.3, -0.25) is 0 Å². The van der Waals surface area contributed by atoms with Crippen LogP contribution in [-0.2, 0) is 4.74 Å². The van der Waals surface area contributed by atoms with Crippen molar-refractivity contribution in [3.63, 3.8) is 0 Å². The van der Waals surface area contributed by atoms with Crippen LogP contribution in [0.3, 0.4) is 0 Å². The Kier molecular flexibility index (Phi) is 9.34. The molecule has 0 aliphatic carbocycles. The molecule has 2 unspecified atom stereocenters. The largest absolute Gasteiger partial charge is 0.502 e. The number of carbonyl (C=O) groups is 1. The number of thioether (sulfide) groups is 1. The molecule has 0 aromatic rings. The van der Waals surface area contributed by atoms with Crippen LogP contribution >= 0.6 is 11.8 Å². The molecule has 5 nitrogen and oxygen atoms in total. The van der Waals surface area contributed by atoms with E-state index in [2.05, 4.69) is 10.1 Å². The molecule has 0 aromatic heterocycles. The van der Waals surface area contributed by atoms with Crippen LogP contribution < -0.4 is 10.6 Å². The van der Waals surface area contributed by atoms with E-state index in [1.54, 1.807) is 6.92 Å². The molecule has 0 radical (unpaired) electrons. The van der Waals surface area contributed by atoms with Gasteiger partial charge in [-0.2, -0.15) is 24.9 Å². The van der Waals surface area contributed by atoms with Gasteiger partial charge in [0.05, 0.1) is 19.4 Å². The molecule has 22 heavy (non-hydrogen) atoms. The van der Waals surface area contributed by atoms with E-state index >= 15 is 0 Å². The van der Waals surface area contributed by atoms with Crippen molar-refractivity contribution in [3.8, 4) is 0 Å². The van der Waals surface area contributed by atoms with Crippen molar-refractivity contribution < 1.29 is 27.8 Å². The molecular weight excluding hydrogens is 321 g/mol. The van der Waals surface area contributed by atoms with E-state index in [0.717, 1.165) is 6.26 Å². The Labute approximate surface area is 132 Å². The fourth-order valence-electron chi connectivity index (χ4n) is 1.42. The van der Waals surface area contributed by atoms with Crippen LogP contribution in [0.5, 0.6) is 0 Å². The number of carbonyl (C=O) groups excluding carboxylic acids is 1. The third kappa shape index (κ3) is 7.26. The number of nitrogens with one attached hydrogen (secondary N) is 2. The summed E-state index contributed by atoms with van der Waals surface area (Å²) in [5.41, 5.74) is -3.18. The number of urea groups is 1. The fraction of sp³-hybridized carbons (Fsp3) is 0.769. The molecule has 0 saturated heterocycles. The first-order valence-corrected chi connectivity index (χ1v) is 8.21. The summed E-state index contributed by atoms with van der Waals surface area (Å²) in [4.78, 5) is 11.6. The molecule has 0 aliphatic heterocycles. The van der Waals surface area contributed by atoms with Gasteiger partial charge in [0.15, 0.2) is 5.60 Å². The third-order valence-electron chi connectivity index (χ3n) is 2.81. The van der Waals surface area contributed by atoms with Gasteiger partial charge in [-0.05, 0) is 25.7 Å². The predicted octanol–water partition coefficient (Wildman–Crippen LogP) is 2.27. The van der Waals surface area contributed by atoms with Gasteiger partial charge in [-0.15, -0.1) is 0 Å².